The number of aliphatic hydroxyl groups excluding tert-OH is 1. The Labute approximate surface area is 295 Å². The summed E-state index contributed by atoms with van der Waals surface area (Å²) >= 11 is 0. The quantitative estimate of drug-likeness (QED) is 0.223. The van der Waals surface area contributed by atoms with Gasteiger partial charge in [0.2, 0.25) is 0 Å². The van der Waals surface area contributed by atoms with Crippen LogP contribution in [-0.4, -0.2) is 55.0 Å². The fraction of sp³-hybridized carbons (Fsp3) is 0.537. The van der Waals surface area contributed by atoms with Crippen LogP contribution in [0.1, 0.15) is 90.7 Å². The van der Waals surface area contributed by atoms with Gasteiger partial charge in [-0.2, -0.15) is 0 Å². The molecule has 3 N–H and O–H groups in total. The van der Waals surface area contributed by atoms with Crippen molar-refractivity contribution in [2.45, 2.75) is 95.1 Å². The van der Waals surface area contributed by atoms with E-state index in [1.807, 2.05) is 12.1 Å². The SMILES string of the molecule is COc1cc2c(cc1OC)CN(C[C@@H]1C[C@H](c3ccc(CO)cc3)O[C@H](c3ccc(CNC(=O)NC45CC6CC(CC(C6)C4)C5)cc3)O1)CC2. The summed E-state index contributed by atoms with van der Waals surface area (Å²) in [5, 5.41) is 16.2. The molecule has 2 aliphatic heterocycles. The van der Waals surface area contributed by atoms with E-state index >= 15 is 0 Å². The first-order chi connectivity index (χ1) is 24.4. The summed E-state index contributed by atoms with van der Waals surface area (Å²) in [5.41, 5.74) is 6.50. The molecule has 4 saturated carbocycles. The second-order valence-corrected chi connectivity index (χ2v) is 15.6. The highest BCUT2D eigenvalue weighted by molar-refractivity contribution is 5.75. The molecular formula is C41H51N3O6. The molecule has 4 aliphatic carbocycles. The smallest absolute Gasteiger partial charge is 0.315 e. The average molecular weight is 682 g/mol. The molecule has 50 heavy (non-hydrogen) atoms. The lowest BCUT2D eigenvalue weighted by atomic mass is 9.53. The van der Waals surface area contributed by atoms with Crippen molar-refractivity contribution in [3.05, 3.63) is 94.0 Å². The number of amides is 2. The van der Waals surface area contributed by atoms with Crippen molar-refractivity contribution < 1.29 is 28.8 Å². The van der Waals surface area contributed by atoms with E-state index in [4.69, 9.17) is 18.9 Å². The minimum absolute atomic E-state index is 0.00183. The maximum Gasteiger partial charge on any atom is 0.315 e. The van der Waals surface area contributed by atoms with Gasteiger partial charge in [0, 0.05) is 43.7 Å². The molecule has 3 aromatic carbocycles. The zero-order valence-corrected chi connectivity index (χ0v) is 29.4. The molecule has 4 bridgehead atoms. The van der Waals surface area contributed by atoms with Crippen molar-refractivity contribution in [2.24, 2.45) is 17.8 Å². The van der Waals surface area contributed by atoms with Crippen LogP contribution in [0.5, 0.6) is 11.5 Å². The fourth-order valence-electron chi connectivity index (χ4n) is 9.94. The zero-order chi connectivity index (χ0) is 34.2. The molecule has 0 unspecified atom stereocenters. The first-order valence-electron chi connectivity index (χ1n) is 18.5. The van der Waals surface area contributed by atoms with E-state index in [0.717, 1.165) is 103 Å². The number of hydrogen-bond donors (Lipinski definition) is 3. The van der Waals surface area contributed by atoms with Crippen molar-refractivity contribution in [2.75, 3.05) is 27.3 Å². The van der Waals surface area contributed by atoms with E-state index in [-0.39, 0.29) is 30.4 Å². The number of carbonyl (C=O) groups excluding carboxylic acids is 1. The topological polar surface area (TPSA) is 102 Å². The number of nitrogens with zero attached hydrogens (tertiary/aromatic N) is 1. The highest BCUT2D eigenvalue weighted by atomic mass is 16.7. The van der Waals surface area contributed by atoms with Gasteiger partial charge in [-0.1, -0.05) is 48.5 Å². The Kier molecular flexibility index (Phi) is 9.50. The molecule has 1 saturated heterocycles. The summed E-state index contributed by atoms with van der Waals surface area (Å²) in [6, 6.07) is 20.4. The van der Waals surface area contributed by atoms with Gasteiger partial charge >= 0.3 is 6.03 Å². The number of benzene rings is 3. The van der Waals surface area contributed by atoms with Gasteiger partial charge in [0.25, 0.3) is 0 Å². The zero-order valence-electron chi connectivity index (χ0n) is 29.4. The van der Waals surface area contributed by atoms with Crippen LogP contribution < -0.4 is 20.1 Å². The van der Waals surface area contributed by atoms with Crippen molar-refractivity contribution in [3.8, 4) is 11.5 Å². The van der Waals surface area contributed by atoms with Crippen LogP contribution in [0, 0.1) is 17.8 Å². The van der Waals surface area contributed by atoms with Gasteiger partial charge in [-0.15, -0.1) is 0 Å². The third-order valence-electron chi connectivity index (χ3n) is 12.0. The van der Waals surface area contributed by atoms with Crippen molar-refractivity contribution in [1.82, 2.24) is 15.5 Å². The molecule has 0 spiro atoms. The first-order valence-corrected chi connectivity index (χ1v) is 18.5. The predicted octanol–water partition coefficient (Wildman–Crippen LogP) is 6.57. The van der Waals surface area contributed by atoms with Gasteiger partial charge < -0.3 is 34.7 Å². The average Bonchev–Trinajstić information content (AvgIpc) is 3.12. The lowest BCUT2D eigenvalue weighted by Gasteiger charge is -2.56. The maximum atomic E-state index is 13.1. The second kappa shape index (κ2) is 14.2. The third-order valence-corrected chi connectivity index (χ3v) is 12.0. The van der Waals surface area contributed by atoms with Crippen LogP contribution in [0.15, 0.2) is 60.7 Å². The monoisotopic (exact) mass is 681 g/mol. The molecule has 2 heterocycles. The molecule has 0 aromatic heterocycles. The molecule has 0 radical (unpaired) electrons. The lowest BCUT2D eigenvalue weighted by Crippen LogP contribution is -2.61. The van der Waals surface area contributed by atoms with Crippen molar-refractivity contribution in [3.63, 3.8) is 0 Å². The van der Waals surface area contributed by atoms with Crippen LogP contribution >= 0.6 is 0 Å². The molecule has 6 aliphatic rings. The molecule has 266 valence electrons. The van der Waals surface area contributed by atoms with Crippen LogP contribution in [0.3, 0.4) is 0 Å². The molecule has 9 nitrogen and oxygen atoms in total. The Hall–Kier alpha value is -3.63. The minimum Gasteiger partial charge on any atom is -0.493 e. The first kappa shape index (κ1) is 33.5. The van der Waals surface area contributed by atoms with Crippen molar-refractivity contribution in [1.29, 1.82) is 0 Å². The van der Waals surface area contributed by atoms with E-state index in [1.54, 1.807) is 14.2 Å². The van der Waals surface area contributed by atoms with E-state index < -0.39 is 6.29 Å². The Balaban J connectivity index is 0.925. The Morgan fingerprint density at radius 2 is 1.46 bits per heavy atom. The number of rotatable bonds is 10. The number of carbonyl (C=O) groups is 1. The summed E-state index contributed by atoms with van der Waals surface area (Å²) in [7, 11) is 3.36. The number of aliphatic hydroxyl groups is 1. The number of fused-ring (bicyclic) bond motifs is 1. The molecular weight excluding hydrogens is 630 g/mol. The lowest BCUT2D eigenvalue weighted by molar-refractivity contribution is -0.253. The molecule has 9 rings (SSSR count). The largest absolute Gasteiger partial charge is 0.493 e. The number of nitrogens with one attached hydrogen (secondary N) is 2. The van der Waals surface area contributed by atoms with Gasteiger partial charge in [0.05, 0.1) is 33.0 Å². The number of urea groups is 1. The van der Waals surface area contributed by atoms with Gasteiger partial charge in [0.1, 0.15) is 0 Å². The Morgan fingerprint density at radius 3 is 2.10 bits per heavy atom. The predicted molar refractivity (Wildman–Crippen MR) is 190 cm³/mol. The summed E-state index contributed by atoms with van der Waals surface area (Å²) in [5.74, 6) is 3.91. The van der Waals surface area contributed by atoms with Gasteiger partial charge in [-0.3, -0.25) is 4.90 Å². The minimum atomic E-state index is -0.529. The summed E-state index contributed by atoms with van der Waals surface area (Å²) in [6.45, 7) is 3.01. The fourth-order valence-corrected chi connectivity index (χ4v) is 9.94. The van der Waals surface area contributed by atoms with Gasteiger partial charge in [0.15, 0.2) is 17.8 Å². The van der Waals surface area contributed by atoms with Crippen LogP contribution in [0.2, 0.25) is 0 Å². The normalized spacial score (nSPS) is 30.1. The molecule has 3 atom stereocenters. The van der Waals surface area contributed by atoms with E-state index in [2.05, 4.69) is 64.1 Å². The summed E-state index contributed by atoms with van der Waals surface area (Å²) in [6.07, 6.45) is 8.45. The second-order valence-electron chi connectivity index (χ2n) is 15.6. The Bertz CT molecular complexity index is 1620. The third kappa shape index (κ3) is 7.11. The van der Waals surface area contributed by atoms with Crippen molar-refractivity contribution >= 4 is 6.03 Å². The standard InChI is InChI=1S/C41H51N3O6/c1-47-37-16-33-11-12-44(23-34(33)17-38(37)48-2)24-35-18-36(31-7-5-27(25-45)6-8-31)50-39(49-35)32-9-3-26(4-10-32)22-42-40(46)43-41-19-28-13-29(20-41)15-30(14-28)21-41/h3-10,16-17,28-30,35-36,39,45H,11-15,18-25H2,1-2H3,(H2,42,43,46)/t28?,29?,30?,35-,36+,39+,41?/m0/s1. The van der Waals surface area contributed by atoms with Crippen LogP contribution in [-0.2, 0) is 35.6 Å². The van der Waals surface area contributed by atoms with E-state index in [0.29, 0.717) is 6.54 Å². The van der Waals surface area contributed by atoms with Gasteiger partial charge in [-0.25, -0.2) is 4.79 Å². The van der Waals surface area contributed by atoms with E-state index in [1.165, 1.54) is 30.4 Å². The van der Waals surface area contributed by atoms with Crippen LogP contribution in [0.4, 0.5) is 4.79 Å². The Morgan fingerprint density at radius 1 is 0.840 bits per heavy atom. The summed E-state index contributed by atoms with van der Waals surface area (Å²) < 4.78 is 24.4. The molecule has 3 aromatic rings. The number of ether oxygens (including phenoxy) is 4. The highest BCUT2D eigenvalue weighted by Crippen LogP contribution is 2.55. The maximum absolute atomic E-state index is 13.1. The van der Waals surface area contributed by atoms with Gasteiger partial charge in [-0.05, 0) is 103 Å². The van der Waals surface area contributed by atoms with Crippen LogP contribution in [0.25, 0.3) is 0 Å². The molecule has 9 heteroatoms. The number of hydrogen-bond acceptors (Lipinski definition) is 7. The molecule has 5 fully saturated rings. The summed E-state index contributed by atoms with van der Waals surface area (Å²) in [4.78, 5) is 15.5. The molecule has 2 amide bonds. The highest BCUT2D eigenvalue weighted by Gasteiger charge is 2.51. The van der Waals surface area contributed by atoms with E-state index in [9.17, 15) is 9.90 Å². The number of methoxy groups -OCH3 is 2.